The van der Waals surface area contributed by atoms with E-state index in [1.54, 1.807) is 0 Å². The van der Waals surface area contributed by atoms with E-state index in [0.717, 1.165) is 19.4 Å². The van der Waals surface area contributed by atoms with Crippen LogP contribution in [0.5, 0.6) is 0 Å². The van der Waals surface area contributed by atoms with Gasteiger partial charge >= 0.3 is 0 Å². The van der Waals surface area contributed by atoms with Crippen molar-refractivity contribution in [1.82, 2.24) is 4.90 Å². The van der Waals surface area contributed by atoms with Gasteiger partial charge in [0.25, 0.3) is 0 Å². The molecule has 1 saturated carbocycles. The summed E-state index contributed by atoms with van der Waals surface area (Å²) in [6, 6.07) is 1.25. The standard InChI is InChI=1S/C14H27NO/c1-4-5-10-14(16)11-15(12(2)3)13-8-6-7-9-13/h4,12-14,16H,1,5-11H2,2-3H3. The van der Waals surface area contributed by atoms with E-state index in [2.05, 4.69) is 25.3 Å². The van der Waals surface area contributed by atoms with E-state index in [9.17, 15) is 5.11 Å². The minimum Gasteiger partial charge on any atom is -0.392 e. The van der Waals surface area contributed by atoms with E-state index in [-0.39, 0.29) is 6.10 Å². The van der Waals surface area contributed by atoms with Gasteiger partial charge in [-0.1, -0.05) is 18.9 Å². The summed E-state index contributed by atoms with van der Waals surface area (Å²) < 4.78 is 0. The molecule has 1 aliphatic rings. The van der Waals surface area contributed by atoms with Crippen molar-refractivity contribution in [3.63, 3.8) is 0 Å². The Morgan fingerprint density at radius 2 is 2.00 bits per heavy atom. The Labute approximate surface area is 100 Å². The largest absolute Gasteiger partial charge is 0.392 e. The van der Waals surface area contributed by atoms with Crippen molar-refractivity contribution in [2.45, 2.75) is 70.6 Å². The molecule has 2 heteroatoms. The Morgan fingerprint density at radius 3 is 2.50 bits per heavy atom. The van der Waals surface area contributed by atoms with Gasteiger partial charge in [-0.2, -0.15) is 0 Å². The number of allylic oxidation sites excluding steroid dienone is 1. The number of rotatable bonds is 7. The zero-order valence-electron chi connectivity index (χ0n) is 10.9. The second-order valence-electron chi connectivity index (χ2n) is 5.25. The summed E-state index contributed by atoms with van der Waals surface area (Å²) in [5.74, 6) is 0. The Kier molecular flexibility index (Phi) is 6.07. The lowest BCUT2D eigenvalue weighted by Gasteiger charge is -2.34. The molecule has 0 aromatic carbocycles. The monoisotopic (exact) mass is 225 g/mol. The molecular weight excluding hydrogens is 198 g/mol. The summed E-state index contributed by atoms with van der Waals surface area (Å²) in [6.45, 7) is 9.00. The highest BCUT2D eigenvalue weighted by Gasteiger charge is 2.25. The molecule has 0 radical (unpaired) electrons. The molecule has 0 heterocycles. The summed E-state index contributed by atoms with van der Waals surface area (Å²) >= 11 is 0. The third-order valence-corrected chi connectivity index (χ3v) is 3.58. The number of hydrogen-bond acceptors (Lipinski definition) is 2. The smallest absolute Gasteiger partial charge is 0.0670 e. The summed E-state index contributed by atoms with van der Waals surface area (Å²) in [5, 5.41) is 9.97. The lowest BCUT2D eigenvalue weighted by atomic mass is 10.1. The van der Waals surface area contributed by atoms with Gasteiger partial charge in [-0.15, -0.1) is 6.58 Å². The minimum absolute atomic E-state index is 0.194. The lowest BCUT2D eigenvalue weighted by Crippen LogP contribution is -2.43. The molecule has 0 bridgehead atoms. The molecule has 0 aliphatic heterocycles. The molecule has 16 heavy (non-hydrogen) atoms. The van der Waals surface area contributed by atoms with Crippen LogP contribution >= 0.6 is 0 Å². The minimum atomic E-state index is -0.194. The SMILES string of the molecule is C=CCCC(O)CN(C(C)C)C1CCCC1. The number of aliphatic hydroxyl groups excluding tert-OH is 1. The summed E-state index contributed by atoms with van der Waals surface area (Å²) in [7, 11) is 0. The maximum absolute atomic E-state index is 9.97. The molecule has 2 nitrogen and oxygen atoms in total. The van der Waals surface area contributed by atoms with Crippen LogP contribution in [0.25, 0.3) is 0 Å². The van der Waals surface area contributed by atoms with Crippen LogP contribution < -0.4 is 0 Å². The topological polar surface area (TPSA) is 23.5 Å². The molecule has 94 valence electrons. The molecule has 1 aliphatic carbocycles. The molecule has 0 spiro atoms. The second kappa shape index (κ2) is 7.08. The summed E-state index contributed by atoms with van der Waals surface area (Å²) in [6.07, 6.45) is 8.79. The summed E-state index contributed by atoms with van der Waals surface area (Å²) in [5.41, 5.74) is 0. The highest BCUT2D eigenvalue weighted by atomic mass is 16.3. The zero-order chi connectivity index (χ0) is 12.0. The molecule has 0 aromatic heterocycles. The van der Waals surface area contributed by atoms with Gasteiger partial charge in [0.05, 0.1) is 6.10 Å². The predicted molar refractivity (Wildman–Crippen MR) is 69.5 cm³/mol. The van der Waals surface area contributed by atoms with Crippen molar-refractivity contribution >= 4 is 0 Å². The third kappa shape index (κ3) is 4.26. The molecule has 1 unspecified atom stereocenters. The first-order valence-corrected chi connectivity index (χ1v) is 6.70. The number of hydrogen-bond donors (Lipinski definition) is 1. The maximum atomic E-state index is 9.97. The fourth-order valence-corrected chi connectivity index (χ4v) is 2.66. The van der Waals surface area contributed by atoms with Gasteiger partial charge < -0.3 is 5.11 Å². The van der Waals surface area contributed by atoms with Gasteiger partial charge in [0.15, 0.2) is 0 Å². The van der Waals surface area contributed by atoms with Crippen LogP contribution in [-0.4, -0.2) is 34.7 Å². The molecular formula is C14H27NO. The van der Waals surface area contributed by atoms with Gasteiger partial charge in [0, 0.05) is 18.6 Å². The first kappa shape index (κ1) is 13.7. The average molecular weight is 225 g/mol. The Hall–Kier alpha value is -0.340. The Morgan fingerprint density at radius 1 is 1.38 bits per heavy atom. The quantitative estimate of drug-likeness (QED) is 0.673. The fourth-order valence-electron chi connectivity index (χ4n) is 2.66. The van der Waals surface area contributed by atoms with Crippen molar-refractivity contribution in [3.05, 3.63) is 12.7 Å². The first-order chi connectivity index (χ1) is 7.65. The third-order valence-electron chi connectivity index (χ3n) is 3.58. The second-order valence-corrected chi connectivity index (χ2v) is 5.25. The van der Waals surface area contributed by atoms with Gasteiger partial charge in [-0.05, 0) is 39.5 Å². The van der Waals surface area contributed by atoms with Gasteiger partial charge in [-0.3, -0.25) is 4.90 Å². The van der Waals surface area contributed by atoms with E-state index in [1.165, 1.54) is 25.7 Å². The van der Waals surface area contributed by atoms with Crippen molar-refractivity contribution < 1.29 is 5.11 Å². The van der Waals surface area contributed by atoms with E-state index in [4.69, 9.17) is 0 Å². The Bertz CT molecular complexity index is 197. The van der Waals surface area contributed by atoms with Crippen LogP contribution in [0.3, 0.4) is 0 Å². The van der Waals surface area contributed by atoms with Crippen LogP contribution in [0, 0.1) is 0 Å². The van der Waals surface area contributed by atoms with Crippen LogP contribution in [0.1, 0.15) is 52.4 Å². The predicted octanol–water partition coefficient (Wildman–Crippen LogP) is 2.97. The fraction of sp³-hybridized carbons (Fsp3) is 0.857. The highest BCUT2D eigenvalue weighted by molar-refractivity contribution is 4.82. The van der Waals surface area contributed by atoms with Gasteiger partial charge in [-0.25, -0.2) is 0 Å². The molecule has 0 saturated heterocycles. The average Bonchev–Trinajstić information content (AvgIpc) is 2.75. The van der Waals surface area contributed by atoms with Crippen LogP contribution in [0.4, 0.5) is 0 Å². The molecule has 1 atom stereocenters. The Balaban J connectivity index is 2.40. The molecule has 1 rings (SSSR count). The molecule has 0 aromatic rings. The lowest BCUT2D eigenvalue weighted by molar-refractivity contribution is 0.0632. The van der Waals surface area contributed by atoms with Crippen LogP contribution in [-0.2, 0) is 0 Å². The van der Waals surface area contributed by atoms with Crippen LogP contribution in [0.15, 0.2) is 12.7 Å². The van der Waals surface area contributed by atoms with Crippen molar-refractivity contribution in [2.24, 2.45) is 0 Å². The molecule has 0 amide bonds. The van der Waals surface area contributed by atoms with Gasteiger partial charge in [0.1, 0.15) is 0 Å². The highest BCUT2D eigenvalue weighted by Crippen LogP contribution is 2.25. The van der Waals surface area contributed by atoms with Gasteiger partial charge in [0.2, 0.25) is 0 Å². The summed E-state index contributed by atoms with van der Waals surface area (Å²) in [4.78, 5) is 2.49. The van der Waals surface area contributed by atoms with Crippen molar-refractivity contribution in [2.75, 3.05) is 6.54 Å². The van der Waals surface area contributed by atoms with E-state index >= 15 is 0 Å². The zero-order valence-corrected chi connectivity index (χ0v) is 10.9. The maximum Gasteiger partial charge on any atom is 0.0670 e. The van der Waals surface area contributed by atoms with E-state index in [1.807, 2.05) is 6.08 Å². The van der Waals surface area contributed by atoms with Crippen molar-refractivity contribution in [1.29, 1.82) is 0 Å². The normalized spacial score (nSPS) is 19.6. The number of nitrogens with zero attached hydrogens (tertiary/aromatic N) is 1. The van der Waals surface area contributed by atoms with E-state index < -0.39 is 0 Å². The number of aliphatic hydroxyl groups is 1. The first-order valence-electron chi connectivity index (χ1n) is 6.70. The van der Waals surface area contributed by atoms with Crippen LogP contribution in [0.2, 0.25) is 0 Å². The molecule has 1 N–H and O–H groups in total. The van der Waals surface area contributed by atoms with E-state index in [0.29, 0.717) is 12.1 Å². The van der Waals surface area contributed by atoms with Crippen molar-refractivity contribution in [3.8, 4) is 0 Å². The molecule has 1 fully saturated rings.